The van der Waals surface area contributed by atoms with Crippen LogP contribution in [0, 0.1) is 19.8 Å². The average molecular weight is 561 g/mol. The summed E-state index contributed by atoms with van der Waals surface area (Å²) in [5, 5.41) is 3.92. The first kappa shape index (κ1) is 26.8. The smallest absolute Gasteiger partial charge is 0.259 e. The van der Waals surface area contributed by atoms with Crippen LogP contribution in [0.4, 0.5) is 16.0 Å². The number of aliphatic imine (C=N–C) groups is 1. The van der Waals surface area contributed by atoms with Gasteiger partial charge in [0.25, 0.3) is 11.9 Å². The molecule has 9 nitrogen and oxygen atoms in total. The first-order valence-corrected chi connectivity index (χ1v) is 13.5. The van der Waals surface area contributed by atoms with Crippen molar-refractivity contribution in [2.24, 2.45) is 10.7 Å². The number of fused-ring (bicyclic) bond motifs is 2. The molecular formula is C32H29FN8O. The van der Waals surface area contributed by atoms with Gasteiger partial charge in [-0.1, -0.05) is 24.3 Å². The number of nitrogens with two attached hydrogens (primary N) is 1. The molecule has 6 rings (SSSR count). The number of H-pyrrole nitrogens is 1. The van der Waals surface area contributed by atoms with Crippen LogP contribution in [-0.4, -0.2) is 38.7 Å². The first-order valence-electron chi connectivity index (χ1n) is 13.5. The second kappa shape index (κ2) is 10.5. The molecule has 2 aromatic carbocycles. The molecule has 0 aliphatic carbocycles. The largest absolute Gasteiger partial charge is 0.392 e. The van der Waals surface area contributed by atoms with Gasteiger partial charge in [-0.2, -0.15) is 9.38 Å². The lowest BCUT2D eigenvalue weighted by Gasteiger charge is -2.17. The lowest BCUT2D eigenvalue weighted by molar-refractivity contribution is 0.0997. The number of nitrogens with one attached hydrogen (secondary N) is 2. The summed E-state index contributed by atoms with van der Waals surface area (Å²) in [4.78, 5) is 36.2. The topological polar surface area (TPSA) is 125 Å². The van der Waals surface area contributed by atoms with Crippen LogP contribution in [0.5, 0.6) is 0 Å². The number of benzene rings is 2. The van der Waals surface area contributed by atoms with Gasteiger partial charge in [0.05, 0.1) is 23.4 Å². The molecule has 0 spiro atoms. The van der Waals surface area contributed by atoms with E-state index in [4.69, 9.17) is 10.7 Å². The quantitative estimate of drug-likeness (QED) is 0.139. The van der Waals surface area contributed by atoms with Gasteiger partial charge < -0.3 is 20.9 Å². The summed E-state index contributed by atoms with van der Waals surface area (Å²) in [6, 6.07) is 13.2. The predicted octanol–water partition coefficient (Wildman–Crippen LogP) is 5.72. The fraction of sp³-hybridized carbons (Fsp3) is 0.156. The Bertz CT molecular complexity index is 1940. The second-order valence-electron chi connectivity index (χ2n) is 10.3. The normalized spacial score (nSPS) is 13.6. The summed E-state index contributed by atoms with van der Waals surface area (Å²) in [5.74, 6) is -0.0595. The van der Waals surface area contributed by atoms with E-state index in [1.807, 2.05) is 63.5 Å². The van der Waals surface area contributed by atoms with Crippen molar-refractivity contribution in [3.05, 3.63) is 101 Å². The Morgan fingerprint density at radius 3 is 2.67 bits per heavy atom. The lowest BCUT2D eigenvalue weighted by atomic mass is 9.97. The van der Waals surface area contributed by atoms with E-state index in [1.54, 1.807) is 30.2 Å². The Morgan fingerprint density at radius 2 is 1.88 bits per heavy atom. The van der Waals surface area contributed by atoms with Gasteiger partial charge in [-0.15, -0.1) is 0 Å². The van der Waals surface area contributed by atoms with E-state index in [0.717, 1.165) is 50.1 Å². The highest BCUT2D eigenvalue weighted by atomic mass is 19.1. The molecule has 0 saturated carbocycles. The van der Waals surface area contributed by atoms with Crippen molar-refractivity contribution in [2.75, 3.05) is 11.9 Å². The summed E-state index contributed by atoms with van der Waals surface area (Å²) in [7, 11) is 1.81. The van der Waals surface area contributed by atoms with Gasteiger partial charge in [0, 0.05) is 59.0 Å². The standard InChI is InChI=1S/C32H29FN8O/c1-17-11-20(14-37-30(17)33)21-7-5-9-23-25(21)16-41(31(23)42)26-10-6-8-22-24(15-36-29(22)26)28-18(2)13-38-32(40-28)39-27(34)12-19(3)35-4/h5-15,35-36H,16H2,1-4H3,(H2,34,38,39,40)/b19-12-. The number of amidine groups is 1. The van der Waals surface area contributed by atoms with Crippen molar-refractivity contribution < 1.29 is 9.18 Å². The second-order valence-corrected chi connectivity index (χ2v) is 10.3. The van der Waals surface area contributed by atoms with Crippen LogP contribution in [0.25, 0.3) is 33.3 Å². The van der Waals surface area contributed by atoms with Crippen LogP contribution in [-0.2, 0) is 6.54 Å². The molecule has 0 bridgehead atoms. The minimum atomic E-state index is -0.500. The molecule has 4 heterocycles. The molecule has 0 unspecified atom stereocenters. The maximum atomic E-state index is 13.9. The highest BCUT2D eigenvalue weighted by molar-refractivity contribution is 6.15. The van der Waals surface area contributed by atoms with Crippen LogP contribution >= 0.6 is 0 Å². The van der Waals surface area contributed by atoms with Crippen LogP contribution < -0.4 is 16.0 Å². The molecule has 4 N–H and O–H groups in total. The minimum absolute atomic E-state index is 0.0995. The van der Waals surface area contributed by atoms with Crippen LogP contribution in [0.15, 0.2) is 77.8 Å². The van der Waals surface area contributed by atoms with Crippen molar-refractivity contribution in [3.63, 3.8) is 0 Å². The number of hydrogen-bond acceptors (Lipinski definition) is 6. The fourth-order valence-electron chi connectivity index (χ4n) is 5.26. The number of para-hydroxylation sites is 1. The van der Waals surface area contributed by atoms with E-state index in [2.05, 4.69) is 25.3 Å². The first-order chi connectivity index (χ1) is 20.2. The number of anilines is 1. The van der Waals surface area contributed by atoms with E-state index >= 15 is 0 Å². The van der Waals surface area contributed by atoms with Gasteiger partial charge in [0.1, 0.15) is 5.84 Å². The molecule has 0 atom stereocenters. The number of allylic oxidation sites excluding steroid dienone is 1. The summed E-state index contributed by atoms with van der Waals surface area (Å²) in [5.41, 5.74) is 14.5. The minimum Gasteiger partial charge on any atom is -0.392 e. The summed E-state index contributed by atoms with van der Waals surface area (Å²) >= 11 is 0. The number of nitrogens with zero attached hydrogens (tertiary/aromatic N) is 5. The summed E-state index contributed by atoms with van der Waals surface area (Å²) in [6.07, 6.45) is 6.83. The van der Waals surface area contributed by atoms with Gasteiger partial charge in [-0.3, -0.25) is 4.79 Å². The SMILES string of the molecule is CN/C(C)=C\C(N)=N/c1ncc(C)c(-c2c[nH]c3c(N4Cc5c(cccc5-c5cnc(F)c(C)c5)C4=O)cccc23)n1. The van der Waals surface area contributed by atoms with E-state index in [0.29, 0.717) is 23.4 Å². The predicted molar refractivity (Wildman–Crippen MR) is 163 cm³/mol. The number of carbonyl (C=O) groups excluding carboxylic acids is 1. The molecule has 42 heavy (non-hydrogen) atoms. The molecule has 0 saturated heterocycles. The van der Waals surface area contributed by atoms with Crippen molar-refractivity contribution in [2.45, 2.75) is 27.3 Å². The number of pyridine rings is 1. The zero-order valence-electron chi connectivity index (χ0n) is 23.7. The van der Waals surface area contributed by atoms with Crippen LogP contribution in [0.2, 0.25) is 0 Å². The molecule has 5 aromatic rings. The number of halogens is 1. The highest BCUT2D eigenvalue weighted by Crippen LogP contribution is 2.40. The van der Waals surface area contributed by atoms with E-state index < -0.39 is 5.95 Å². The molecule has 1 aliphatic rings. The number of hydrogen-bond donors (Lipinski definition) is 3. The molecule has 210 valence electrons. The van der Waals surface area contributed by atoms with Gasteiger partial charge in [-0.05, 0) is 61.7 Å². The van der Waals surface area contributed by atoms with Crippen molar-refractivity contribution in [1.82, 2.24) is 25.3 Å². The van der Waals surface area contributed by atoms with Crippen molar-refractivity contribution >= 4 is 34.3 Å². The third kappa shape index (κ3) is 4.66. The van der Waals surface area contributed by atoms with Crippen molar-refractivity contribution in [1.29, 1.82) is 0 Å². The Morgan fingerprint density at radius 1 is 1.10 bits per heavy atom. The monoisotopic (exact) mass is 560 g/mol. The fourth-order valence-corrected chi connectivity index (χ4v) is 5.26. The maximum Gasteiger partial charge on any atom is 0.259 e. The summed E-state index contributed by atoms with van der Waals surface area (Å²) < 4.78 is 13.9. The van der Waals surface area contributed by atoms with Crippen molar-refractivity contribution in [3.8, 4) is 22.4 Å². The van der Waals surface area contributed by atoms with Crippen LogP contribution in [0.1, 0.15) is 34.0 Å². The molecule has 0 radical (unpaired) electrons. The Balaban J connectivity index is 1.39. The number of carbonyl (C=O) groups is 1. The van der Waals surface area contributed by atoms with Gasteiger partial charge in [0.2, 0.25) is 5.95 Å². The third-order valence-corrected chi connectivity index (χ3v) is 7.48. The molecule has 10 heteroatoms. The highest BCUT2D eigenvalue weighted by Gasteiger charge is 2.32. The maximum absolute atomic E-state index is 13.9. The molecule has 1 aliphatic heterocycles. The molecule has 3 aromatic heterocycles. The Hall–Kier alpha value is -5.38. The van der Waals surface area contributed by atoms with Crippen LogP contribution in [0.3, 0.4) is 0 Å². The van der Waals surface area contributed by atoms with Gasteiger partial charge in [-0.25, -0.2) is 15.0 Å². The number of aromatic nitrogens is 4. The van der Waals surface area contributed by atoms with Gasteiger partial charge >= 0.3 is 0 Å². The zero-order valence-corrected chi connectivity index (χ0v) is 23.7. The number of amides is 1. The zero-order chi connectivity index (χ0) is 29.5. The van der Waals surface area contributed by atoms with E-state index in [-0.39, 0.29) is 17.7 Å². The molecule has 0 fully saturated rings. The number of rotatable bonds is 6. The Labute approximate surface area is 242 Å². The Kier molecular flexibility index (Phi) is 6.74. The van der Waals surface area contributed by atoms with E-state index in [1.165, 1.54) is 6.20 Å². The molecular weight excluding hydrogens is 531 g/mol. The summed E-state index contributed by atoms with van der Waals surface area (Å²) in [6.45, 7) is 5.88. The lowest BCUT2D eigenvalue weighted by Crippen LogP contribution is -2.23. The average Bonchev–Trinajstić information content (AvgIpc) is 3.56. The number of aryl methyl sites for hydroxylation is 2. The van der Waals surface area contributed by atoms with Gasteiger partial charge in [0.15, 0.2) is 0 Å². The van der Waals surface area contributed by atoms with E-state index in [9.17, 15) is 9.18 Å². The molecule has 1 amide bonds. The third-order valence-electron chi connectivity index (χ3n) is 7.48. The number of aromatic amines is 1.